The molecule has 0 unspecified atom stereocenters. The van der Waals surface area contributed by atoms with Gasteiger partial charge in [0, 0.05) is 7.11 Å². The van der Waals surface area contributed by atoms with Gasteiger partial charge in [-0.25, -0.2) is 9.38 Å². The van der Waals surface area contributed by atoms with E-state index in [0.717, 1.165) is 16.9 Å². The first-order valence-corrected chi connectivity index (χ1v) is 12.9. The van der Waals surface area contributed by atoms with Crippen molar-refractivity contribution in [2.24, 2.45) is 4.99 Å². The molecule has 198 valence electrons. The van der Waals surface area contributed by atoms with E-state index in [9.17, 15) is 9.18 Å². The number of hydrogen-bond donors (Lipinski definition) is 0. The molecule has 0 saturated carbocycles. The number of ether oxygens (including phenoxy) is 4. The molecule has 38 heavy (non-hydrogen) atoms. The first-order valence-electron chi connectivity index (χ1n) is 12.1. The van der Waals surface area contributed by atoms with Crippen LogP contribution < -0.4 is 14.2 Å². The normalized spacial score (nSPS) is 15.4. The maximum Gasteiger partial charge on any atom is 0.266 e. The van der Waals surface area contributed by atoms with Crippen LogP contribution in [-0.2, 0) is 16.1 Å². The van der Waals surface area contributed by atoms with Crippen LogP contribution in [0.5, 0.6) is 17.2 Å². The average molecular weight is 537 g/mol. The summed E-state index contributed by atoms with van der Waals surface area (Å²) in [6.07, 6.45) is 1.82. The molecule has 0 aliphatic carbocycles. The molecule has 3 aromatic carbocycles. The molecule has 3 aromatic rings. The first kappa shape index (κ1) is 27.2. The van der Waals surface area contributed by atoms with Crippen LogP contribution in [0.2, 0.25) is 0 Å². The number of benzene rings is 3. The van der Waals surface area contributed by atoms with Crippen LogP contribution in [0, 0.1) is 5.82 Å². The quantitative estimate of drug-likeness (QED) is 0.278. The number of carbonyl (C=O) groups excluding carboxylic acids is 1. The van der Waals surface area contributed by atoms with Gasteiger partial charge >= 0.3 is 0 Å². The Morgan fingerprint density at radius 1 is 0.974 bits per heavy atom. The molecule has 1 aliphatic heterocycles. The highest BCUT2D eigenvalue weighted by molar-refractivity contribution is 8.18. The van der Waals surface area contributed by atoms with Gasteiger partial charge in [-0.2, -0.15) is 0 Å². The fourth-order valence-electron chi connectivity index (χ4n) is 3.63. The molecule has 0 aromatic heterocycles. The molecular formula is C29H29FN2O5S. The number of nitrogens with zero attached hydrogens (tertiary/aromatic N) is 2. The van der Waals surface area contributed by atoms with E-state index in [1.807, 2.05) is 49.4 Å². The molecule has 0 bridgehead atoms. The van der Waals surface area contributed by atoms with Crippen molar-refractivity contribution in [2.45, 2.75) is 13.5 Å². The lowest BCUT2D eigenvalue weighted by molar-refractivity contribution is -0.122. The smallest absolute Gasteiger partial charge is 0.266 e. The lowest BCUT2D eigenvalue weighted by atomic mass is 10.1. The van der Waals surface area contributed by atoms with E-state index in [4.69, 9.17) is 23.9 Å². The summed E-state index contributed by atoms with van der Waals surface area (Å²) in [5.41, 5.74) is 2.34. The Hall–Kier alpha value is -3.82. The van der Waals surface area contributed by atoms with Crippen LogP contribution >= 0.6 is 11.8 Å². The van der Waals surface area contributed by atoms with Gasteiger partial charge in [-0.15, -0.1) is 0 Å². The number of aliphatic imine (C=N–C) groups is 1. The Morgan fingerprint density at radius 2 is 1.74 bits per heavy atom. The molecule has 1 fully saturated rings. The van der Waals surface area contributed by atoms with Crippen molar-refractivity contribution in [3.8, 4) is 17.2 Å². The summed E-state index contributed by atoms with van der Waals surface area (Å²) in [5.74, 6) is 1.42. The minimum absolute atomic E-state index is 0.145. The summed E-state index contributed by atoms with van der Waals surface area (Å²) in [6.45, 7) is 3.38. The standard InChI is InChI=1S/C29H29FN2O5S/c1-4-36-26-17-21(7-14-25(26)37-19-20-5-8-22(30)9-6-20)18-27-28(33)32(15-16-34-2)29(38-27)31-23-10-12-24(35-3)13-11-23/h5-14,17-18H,4,15-16,19H2,1-3H3/b27-18-,31-29?. The highest BCUT2D eigenvalue weighted by Crippen LogP contribution is 2.36. The van der Waals surface area contributed by atoms with Gasteiger partial charge in [0.25, 0.3) is 5.91 Å². The van der Waals surface area contributed by atoms with Crippen molar-refractivity contribution < 1.29 is 28.1 Å². The Labute approximate surface area is 225 Å². The van der Waals surface area contributed by atoms with Gasteiger partial charge in [-0.1, -0.05) is 18.2 Å². The molecule has 4 rings (SSSR count). The number of amidine groups is 1. The zero-order valence-electron chi connectivity index (χ0n) is 21.5. The van der Waals surface area contributed by atoms with Gasteiger partial charge in [0.2, 0.25) is 0 Å². The number of methoxy groups -OCH3 is 2. The topological polar surface area (TPSA) is 69.6 Å². The number of carbonyl (C=O) groups is 1. The van der Waals surface area contributed by atoms with Crippen LogP contribution in [-0.4, -0.2) is 50.0 Å². The van der Waals surface area contributed by atoms with Crippen LogP contribution in [0.3, 0.4) is 0 Å². The van der Waals surface area contributed by atoms with E-state index >= 15 is 0 Å². The lowest BCUT2D eigenvalue weighted by Gasteiger charge is -2.14. The third-order valence-corrected chi connectivity index (χ3v) is 6.58. The van der Waals surface area contributed by atoms with Crippen LogP contribution in [0.25, 0.3) is 6.08 Å². The molecule has 0 spiro atoms. The monoisotopic (exact) mass is 536 g/mol. The summed E-state index contributed by atoms with van der Waals surface area (Å²) < 4.78 is 35.3. The molecule has 7 nitrogen and oxygen atoms in total. The summed E-state index contributed by atoms with van der Waals surface area (Å²) in [6, 6.07) is 19.0. The molecule has 9 heteroatoms. The van der Waals surface area contributed by atoms with E-state index in [0.29, 0.717) is 47.0 Å². The molecule has 1 aliphatic rings. The highest BCUT2D eigenvalue weighted by Gasteiger charge is 2.33. The number of hydrogen-bond acceptors (Lipinski definition) is 7. The second-order valence-corrected chi connectivity index (χ2v) is 9.22. The van der Waals surface area contributed by atoms with Crippen LogP contribution in [0.4, 0.5) is 10.1 Å². The third kappa shape index (κ3) is 6.93. The summed E-state index contributed by atoms with van der Waals surface area (Å²) >= 11 is 1.31. The van der Waals surface area contributed by atoms with Crippen molar-refractivity contribution in [1.82, 2.24) is 4.90 Å². The largest absolute Gasteiger partial charge is 0.497 e. The predicted octanol–water partition coefficient (Wildman–Crippen LogP) is 6.06. The van der Waals surface area contributed by atoms with Gasteiger partial charge in [0.1, 0.15) is 18.2 Å². The van der Waals surface area contributed by atoms with Crippen molar-refractivity contribution in [2.75, 3.05) is 34.0 Å². The molecule has 0 atom stereocenters. The highest BCUT2D eigenvalue weighted by atomic mass is 32.2. The lowest BCUT2D eigenvalue weighted by Crippen LogP contribution is -2.32. The maximum absolute atomic E-state index is 13.3. The Bertz CT molecular complexity index is 1310. The van der Waals surface area contributed by atoms with Crippen LogP contribution in [0.15, 0.2) is 76.6 Å². The van der Waals surface area contributed by atoms with E-state index in [1.54, 1.807) is 37.3 Å². The van der Waals surface area contributed by atoms with Crippen LogP contribution in [0.1, 0.15) is 18.1 Å². The number of amides is 1. The van der Waals surface area contributed by atoms with Crippen molar-refractivity contribution in [3.63, 3.8) is 0 Å². The summed E-state index contributed by atoms with van der Waals surface area (Å²) in [4.78, 5) is 20.1. The second-order valence-electron chi connectivity index (χ2n) is 8.21. The van der Waals surface area contributed by atoms with E-state index < -0.39 is 0 Å². The molecule has 1 heterocycles. The molecule has 1 amide bonds. The number of rotatable bonds is 11. The summed E-state index contributed by atoms with van der Waals surface area (Å²) in [5, 5.41) is 0.577. The minimum atomic E-state index is -0.293. The number of thioether (sulfide) groups is 1. The molecule has 0 radical (unpaired) electrons. The van der Waals surface area contributed by atoms with Crippen molar-refractivity contribution in [3.05, 3.63) is 88.6 Å². The first-order chi connectivity index (χ1) is 18.5. The van der Waals surface area contributed by atoms with Crippen molar-refractivity contribution in [1.29, 1.82) is 0 Å². The van der Waals surface area contributed by atoms with Gasteiger partial charge < -0.3 is 18.9 Å². The van der Waals surface area contributed by atoms with E-state index in [1.165, 1.54) is 23.9 Å². The van der Waals surface area contributed by atoms with Gasteiger partial charge in [0.05, 0.1) is 37.5 Å². The number of halogens is 1. The fraction of sp³-hybridized carbons (Fsp3) is 0.241. The van der Waals surface area contributed by atoms with E-state index in [-0.39, 0.29) is 18.3 Å². The predicted molar refractivity (Wildman–Crippen MR) is 148 cm³/mol. The molecular weight excluding hydrogens is 507 g/mol. The van der Waals surface area contributed by atoms with Gasteiger partial charge in [-0.05, 0) is 84.4 Å². The zero-order chi connectivity index (χ0) is 26.9. The third-order valence-electron chi connectivity index (χ3n) is 5.58. The van der Waals surface area contributed by atoms with E-state index in [2.05, 4.69) is 0 Å². The molecule has 0 N–H and O–H groups in total. The molecule has 1 saturated heterocycles. The van der Waals surface area contributed by atoms with Gasteiger partial charge in [-0.3, -0.25) is 9.69 Å². The maximum atomic E-state index is 13.3. The van der Waals surface area contributed by atoms with Crippen molar-refractivity contribution >= 4 is 34.6 Å². The fourth-order valence-corrected chi connectivity index (χ4v) is 4.66. The Balaban J connectivity index is 1.56. The van der Waals surface area contributed by atoms with Gasteiger partial charge in [0.15, 0.2) is 16.7 Å². The SMILES string of the molecule is CCOc1cc(/C=C2\SC(=Nc3ccc(OC)cc3)N(CCOC)C2=O)ccc1OCc1ccc(F)cc1. The second kappa shape index (κ2) is 13.1. The Morgan fingerprint density at radius 3 is 2.42 bits per heavy atom. The zero-order valence-corrected chi connectivity index (χ0v) is 22.3. The Kier molecular flexibility index (Phi) is 9.40. The minimum Gasteiger partial charge on any atom is -0.497 e. The summed E-state index contributed by atoms with van der Waals surface area (Å²) in [7, 11) is 3.21. The average Bonchev–Trinajstić information content (AvgIpc) is 3.21.